The van der Waals surface area contributed by atoms with Crippen molar-refractivity contribution in [1.82, 2.24) is 10.6 Å². The summed E-state index contributed by atoms with van der Waals surface area (Å²) in [7, 11) is 0. The Morgan fingerprint density at radius 2 is 1.85 bits per heavy atom. The monoisotopic (exact) mass is 298 g/mol. The van der Waals surface area contributed by atoms with Gasteiger partial charge in [0.25, 0.3) is 5.91 Å². The van der Waals surface area contributed by atoms with E-state index in [9.17, 15) is 9.59 Å². The van der Waals surface area contributed by atoms with Crippen molar-refractivity contribution in [1.29, 1.82) is 0 Å². The van der Waals surface area contributed by atoms with Crippen LogP contribution in [0.5, 0.6) is 0 Å². The minimum Gasteiger partial charge on any atom is -0.355 e. The molecule has 0 saturated heterocycles. The number of carbonyl (C=O) groups is 2. The second-order valence-corrected chi connectivity index (χ2v) is 4.95. The highest BCUT2D eigenvalue weighted by atomic mass is 35.5. The third kappa shape index (κ3) is 6.04. The van der Waals surface area contributed by atoms with Gasteiger partial charge in [-0.15, -0.1) is 0 Å². The van der Waals surface area contributed by atoms with Crippen molar-refractivity contribution in [2.45, 2.75) is 19.9 Å². The summed E-state index contributed by atoms with van der Waals surface area (Å²) >= 11 is 5.83. The number of likely N-dealkylation sites (N-methyl/N-ethyl adjacent to an activating group) is 1. The van der Waals surface area contributed by atoms with Gasteiger partial charge in [-0.25, -0.2) is 0 Å². The van der Waals surface area contributed by atoms with Crippen LogP contribution in [-0.4, -0.2) is 31.4 Å². The minimum atomic E-state index is -0.174. The lowest BCUT2D eigenvalue weighted by atomic mass is 10.1. The van der Waals surface area contributed by atoms with E-state index < -0.39 is 0 Å². The average Bonchev–Trinajstić information content (AvgIpc) is 2.43. The summed E-state index contributed by atoms with van der Waals surface area (Å²) in [4.78, 5) is 22.8. The summed E-state index contributed by atoms with van der Waals surface area (Å²) in [5, 5.41) is 7.81. The van der Waals surface area contributed by atoms with Gasteiger partial charge in [0.1, 0.15) is 6.04 Å². The van der Waals surface area contributed by atoms with Gasteiger partial charge in [0.2, 0.25) is 5.91 Å². The highest BCUT2D eigenvalue weighted by Gasteiger charge is 2.11. The summed E-state index contributed by atoms with van der Waals surface area (Å²) in [5.41, 5.74) is 1.10. The van der Waals surface area contributed by atoms with Crippen molar-refractivity contribution in [3.8, 4) is 0 Å². The van der Waals surface area contributed by atoms with E-state index in [0.29, 0.717) is 11.6 Å². The Hall–Kier alpha value is -1.59. The second kappa shape index (κ2) is 8.55. The van der Waals surface area contributed by atoms with Crippen LogP contribution in [0.15, 0.2) is 24.3 Å². The van der Waals surface area contributed by atoms with Crippen molar-refractivity contribution in [2.24, 2.45) is 0 Å². The van der Waals surface area contributed by atoms with Crippen LogP contribution in [0, 0.1) is 0 Å². The SMILES string of the molecule is CCNC(=O)CNC(=O)C[NH2+][C@@H](C)c1ccc(Cl)cc1. The number of nitrogens with two attached hydrogens (primary N) is 1. The second-order valence-electron chi connectivity index (χ2n) is 4.51. The summed E-state index contributed by atoms with van der Waals surface area (Å²) in [6.07, 6.45) is 0. The Morgan fingerprint density at radius 1 is 1.20 bits per heavy atom. The van der Waals surface area contributed by atoms with Crippen molar-refractivity contribution in [3.05, 3.63) is 34.9 Å². The zero-order valence-electron chi connectivity index (χ0n) is 11.8. The fraction of sp³-hybridized carbons (Fsp3) is 0.429. The molecule has 0 radical (unpaired) electrons. The molecular weight excluding hydrogens is 278 g/mol. The van der Waals surface area contributed by atoms with Crippen LogP contribution in [0.4, 0.5) is 0 Å². The molecular formula is C14H21ClN3O2+. The number of benzene rings is 1. The van der Waals surface area contributed by atoms with E-state index in [1.165, 1.54) is 0 Å². The van der Waals surface area contributed by atoms with Crippen LogP contribution in [0.1, 0.15) is 25.5 Å². The quantitative estimate of drug-likeness (QED) is 0.673. The molecule has 2 amide bonds. The molecule has 0 spiro atoms. The first kappa shape index (κ1) is 16.5. The van der Waals surface area contributed by atoms with Crippen LogP contribution in [-0.2, 0) is 9.59 Å². The lowest BCUT2D eigenvalue weighted by molar-refractivity contribution is -0.682. The van der Waals surface area contributed by atoms with E-state index in [-0.39, 0.29) is 30.9 Å². The maximum Gasteiger partial charge on any atom is 0.275 e. The molecule has 0 aromatic heterocycles. The van der Waals surface area contributed by atoms with Gasteiger partial charge in [-0.3, -0.25) is 9.59 Å². The van der Waals surface area contributed by atoms with Crippen molar-refractivity contribution < 1.29 is 14.9 Å². The third-order valence-electron chi connectivity index (χ3n) is 2.87. The molecule has 1 aromatic rings. The predicted molar refractivity (Wildman–Crippen MR) is 78.4 cm³/mol. The van der Waals surface area contributed by atoms with E-state index in [1.807, 2.05) is 43.4 Å². The normalized spacial score (nSPS) is 11.8. The molecule has 0 aliphatic rings. The molecule has 6 heteroatoms. The van der Waals surface area contributed by atoms with Crippen molar-refractivity contribution in [3.63, 3.8) is 0 Å². The number of halogens is 1. The Balaban J connectivity index is 2.30. The number of quaternary nitrogens is 1. The van der Waals surface area contributed by atoms with Crippen molar-refractivity contribution in [2.75, 3.05) is 19.6 Å². The molecule has 1 rings (SSSR count). The van der Waals surface area contributed by atoms with E-state index in [2.05, 4.69) is 10.6 Å². The third-order valence-corrected chi connectivity index (χ3v) is 3.12. The molecule has 0 saturated carbocycles. The highest BCUT2D eigenvalue weighted by molar-refractivity contribution is 6.30. The summed E-state index contributed by atoms with van der Waals surface area (Å²) < 4.78 is 0. The van der Waals surface area contributed by atoms with Gasteiger partial charge < -0.3 is 16.0 Å². The first-order valence-electron chi connectivity index (χ1n) is 6.65. The molecule has 1 atom stereocenters. The number of nitrogens with one attached hydrogen (secondary N) is 2. The minimum absolute atomic E-state index is 0.0237. The zero-order chi connectivity index (χ0) is 15.0. The number of hydrogen-bond acceptors (Lipinski definition) is 2. The summed E-state index contributed by atoms with van der Waals surface area (Å²) in [6.45, 7) is 4.72. The van der Waals surface area contributed by atoms with Crippen LogP contribution in [0.2, 0.25) is 5.02 Å². The summed E-state index contributed by atoms with van der Waals surface area (Å²) in [6, 6.07) is 7.70. The molecule has 0 bridgehead atoms. The van der Waals surface area contributed by atoms with Crippen molar-refractivity contribution >= 4 is 23.4 Å². The van der Waals surface area contributed by atoms with Gasteiger partial charge in [-0.05, 0) is 26.0 Å². The number of rotatable bonds is 7. The standard InChI is InChI=1S/C14H20ClN3O2/c1-3-16-13(19)9-18-14(20)8-17-10(2)11-4-6-12(15)7-5-11/h4-7,10,17H,3,8-9H2,1-2H3,(H,16,19)(H,18,20)/p+1/t10-/m0/s1. The van der Waals surface area contributed by atoms with E-state index in [1.54, 1.807) is 0 Å². The Morgan fingerprint density at radius 3 is 2.45 bits per heavy atom. The smallest absolute Gasteiger partial charge is 0.275 e. The van der Waals surface area contributed by atoms with Crippen LogP contribution in [0.25, 0.3) is 0 Å². The van der Waals surface area contributed by atoms with Crippen LogP contribution >= 0.6 is 11.6 Å². The lowest BCUT2D eigenvalue weighted by Gasteiger charge is -2.11. The fourth-order valence-corrected chi connectivity index (χ4v) is 1.82. The first-order chi connectivity index (χ1) is 9.52. The highest BCUT2D eigenvalue weighted by Crippen LogP contribution is 2.13. The largest absolute Gasteiger partial charge is 0.355 e. The Labute approximate surface area is 124 Å². The van der Waals surface area contributed by atoms with Gasteiger partial charge in [-0.2, -0.15) is 0 Å². The number of amides is 2. The maximum atomic E-state index is 11.6. The molecule has 5 nitrogen and oxygen atoms in total. The number of hydrogen-bond donors (Lipinski definition) is 3. The van der Waals surface area contributed by atoms with Crippen LogP contribution < -0.4 is 16.0 Å². The van der Waals surface area contributed by atoms with E-state index >= 15 is 0 Å². The van der Waals surface area contributed by atoms with Gasteiger partial charge >= 0.3 is 0 Å². The number of carbonyl (C=O) groups excluding carboxylic acids is 2. The molecule has 1 aromatic carbocycles. The molecule has 0 unspecified atom stereocenters. The molecule has 0 aliphatic carbocycles. The molecule has 110 valence electrons. The average molecular weight is 299 g/mol. The molecule has 0 heterocycles. The van der Waals surface area contributed by atoms with Gasteiger partial charge in [0, 0.05) is 17.1 Å². The Kier molecular flexibility index (Phi) is 7.04. The zero-order valence-corrected chi connectivity index (χ0v) is 12.5. The fourth-order valence-electron chi connectivity index (χ4n) is 1.70. The summed E-state index contributed by atoms with van der Waals surface area (Å²) in [5.74, 6) is -0.330. The molecule has 4 N–H and O–H groups in total. The topological polar surface area (TPSA) is 74.8 Å². The molecule has 20 heavy (non-hydrogen) atoms. The van der Waals surface area contributed by atoms with Gasteiger partial charge in [0.05, 0.1) is 6.54 Å². The maximum absolute atomic E-state index is 11.6. The van der Waals surface area contributed by atoms with Gasteiger partial charge in [0.15, 0.2) is 6.54 Å². The van der Waals surface area contributed by atoms with Gasteiger partial charge in [-0.1, -0.05) is 23.7 Å². The first-order valence-corrected chi connectivity index (χ1v) is 7.03. The molecule has 0 fully saturated rings. The van der Waals surface area contributed by atoms with E-state index in [0.717, 1.165) is 5.56 Å². The molecule has 0 aliphatic heterocycles. The lowest BCUT2D eigenvalue weighted by Crippen LogP contribution is -2.87. The Bertz CT molecular complexity index is 448. The van der Waals surface area contributed by atoms with Crippen LogP contribution in [0.3, 0.4) is 0 Å². The predicted octanol–water partition coefficient (Wildman–Crippen LogP) is 0.217. The van der Waals surface area contributed by atoms with E-state index in [4.69, 9.17) is 11.6 Å².